The lowest BCUT2D eigenvalue weighted by molar-refractivity contribution is 0.0590. The first kappa shape index (κ1) is 48.3. The number of rotatable bonds is 17. The lowest BCUT2D eigenvalue weighted by Crippen LogP contribution is -2.46. The van der Waals surface area contributed by atoms with Crippen molar-refractivity contribution in [1.29, 1.82) is 0 Å². The van der Waals surface area contributed by atoms with Gasteiger partial charge in [0.25, 0.3) is 33.7 Å². The summed E-state index contributed by atoms with van der Waals surface area (Å²) < 4.78 is 62.3. The molecule has 2 aliphatic heterocycles. The minimum absolute atomic E-state index is 0. The van der Waals surface area contributed by atoms with Crippen LogP contribution >= 0.6 is 0 Å². The van der Waals surface area contributed by atoms with Gasteiger partial charge in [0.05, 0.1) is 47.6 Å². The number of aryl methyl sites for hydroxylation is 1. The highest BCUT2D eigenvalue weighted by Crippen LogP contribution is 2.41. The van der Waals surface area contributed by atoms with Crippen molar-refractivity contribution in [3.63, 3.8) is 0 Å². The van der Waals surface area contributed by atoms with Gasteiger partial charge in [-0.05, 0) is 55.5 Å². The summed E-state index contributed by atoms with van der Waals surface area (Å²) in [5.74, 6) is 1.04. The average Bonchev–Trinajstić information content (AvgIpc) is 3.28. The highest BCUT2D eigenvalue weighted by molar-refractivity contribution is 7.85. The highest BCUT2D eigenvalue weighted by Gasteiger charge is 2.39. The van der Waals surface area contributed by atoms with Crippen molar-refractivity contribution in [3.05, 3.63) is 112 Å². The van der Waals surface area contributed by atoms with Crippen LogP contribution in [0.2, 0.25) is 0 Å². The molecule has 0 radical (unpaired) electrons. The van der Waals surface area contributed by atoms with Gasteiger partial charge in [-0.1, -0.05) is 29.8 Å². The van der Waals surface area contributed by atoms with Crippen LogP contribution in [-0.2, 0) is 23.2 Å². The number of nitrogens with one attached hydrogen (secondary N) is 2. The zero-order valence-corrected chi connectivity index (χ0v) is 37.1. The molecule has 0 unspecified atom stereocenters. The fraction of sp³-hybridized carbons (Fsp3) is 0.289. The van der Waals surface area contributed by atoms with E-state index >= 15 is 0 Å². The molecule has 5 aromatic carbocycles. The van der Waals surface area contributed by atoms with Gasteiger partial charge in [0.15, 0.2) is 23.0 Å². The van der Waals surface area contributed by atoms with E-state index in [0.29, 0.717) is 71.4 Å². The smallest absolute Gasteiger partial charge is 0.294 e. The van der Waals surface area contributed by atoms with Crippen LogP contribution in [0.15, 0.2) is 77.7 Å². The normalized spacial score (nSPS) is 12.9. The van der Waals surface area contributed by atoms with Crippen molar-refractivity contribution in [2.24, 2.45) is 0 Å². The number of carbonyl (C=O) groups is 4. The second-order valence-electron chi connectivity index (χ2n) is 14.2. The lowest BCUT2D eigenvalue weighted by Gasteiger charge is -2.32. The molecule has 0 aromatic heterocycles. The highest BCUT2D eigenvalue weighted by atomic mass is 32.2. The van der Waals surface area contributed by atoms with Crippen molar-refractivity contribution in [2.45, 2.75) is 24.9 Å². The Labute approximate surface area is 370 Å². The number of ether oxygens (including phenoxy) is 6. The zero-order valence-electron chi connectivity index (χ0n) is 36.3. The third-order valence-corrected chi connectivity index (χ3v) is 11.5. The van der Waals surface area contributed by atoms with Crippen LogP contribution in [0, 0.1) is 6.92 Å². The minimum Gasteiger partial charge on any atom is -0.493 e. The zero-order chi connectivity index (χ0) is 45.6. The first-order valence-electron chi connectivity index (χ1n) is 19.6. The molecular weight excluding hydrogens is 853 g/mol. The Hall–Kier alpha value is -6.77. The molecule has 7 rings (SSSR count). The monoisotopic (exact) mass is 902 g/mol. The Balaban J connectivity index is 0.000000562. The Bertz CT molecular complexity index is 2470. The van der Waals surface area contributed by atoms with E-state index in [1.165, 1.54) is 50.4 Å². The Kier molecular flexibility index (Phi) is 15.5. The van der Waals surface area contributed by atoms with E-state index in [1.807, 2.05) is 19.1 Å². The van der Waals surface area contributed by atoms with E-state index in [-0.39, 0.29) is 45.7 Å². The molecule has 0 bridgehead atoms. The van der Waals surface area contributed by atoms with Crippen LogP contribution in [0.1, 0.15) is 58.1 Å². The molecule has 5 aromatic rings. The van der Waals surface area contributed by atoms with Gasteiger partial charge in [-0.15, -0.1) is 0 Å². The van der Waals surface area contributed by atoms with Gasteiger partial charge in [0.2, 0.25) is 11.5 Å². The summed E-state index contributed by atoms with van der Waals surface area (Å²) in [6, 6.07) is 19.5. The third-order valence-electron chi connectivity index (χ3n) is 10.6. The lowest BCUT2D eigenvalue weighted by atomic mass is 9.86. The predicted molar refractivity (Wildman–Crippen MR) is 235 cm³/mol. The van der Waals surface area contributed by atoms with Crippen LogP contribution in [0.5, 0.6) is 34.5 Å². The quantitative estimate of drug-likeness (QED) is 0.0677. The van der Waals surface area contributed by atoms with Gasteiger partial charge in [-0.3, -0.25) is 33.5 Å². The molecule has 0 saturated heterocycles. The maximum absolute atomic E-state index is 13.7. The number of amides is 4. The van der Waals surface area contributed by atoms with Gasteiger partial charge in [0, 0.05) is 83.4 Å². The number of hydrogen-bond acceptors (Lipinski definition) is 14. The second kappa shape index (κ2) is 20.6. The molecule has 0 spiro atoms. The fourth-order valence-electron chi connectivity index (χ4n) is 7.52. The Morgan fingerprint density at radius 1 is 0.500 bits per heavy atom. The number of hydrogen-bond donors (Lipinski definition) is 3. The molecule has 5 N–H and O–H groups in total. The predicted octanol–water partition coefficient (Wildman–Crippen LogP) is 4.08. The molecule has 0 aliphatic carbocycles. The van der Waals surface area contributed by atoms with Crippen LogP contribution in [0.3, 0.4) is 0 Å². The van der Waals surface area contributed by atoms with E-state index in [9.17, 15) is 27.6 Å². The van der Waals surface area contributed by atoms with E-state index in [2.05, 4.69) is 10.6 Å². The van der Waals surface area contributed by atoms with E-state index in [1.54, 1.807) is 62.8 Å². The van der Waals surface area contributed by atoms with Crippen LogP contribution in [0.4, 0.5) is 0 Å². The molecule has 0 atom stereocenters. The molecule has 2 aliphatic rings. The number of nitrogens with zero attached hydrogens (tertiary/aromatic N) is 2. The molecule has 18 nitrogen and oxygen atoms in total. The van der Waals surface area contributed by atoms with Crippen molar-refractivity contribution in [3.8, 4) is 34.5 Å². The van der Waals surface area contributed by atoms with Gasteiger partial charge in [-0.2, -0.15) is 8.42 Å². The maximum atomic E-state index is 13.7. The van der Waals surface area contributed by atoms with Crippen molar-refractivity contribution in [1.82, 2.24) is 20.4 Å². The van der Waals surface area contributed by atoms with Crippen molar-refractivity contribution in [2.75, 3.05) is 68.8 Å². The SMILES string of the molecule is COc1ccc(CNCCN2C(=O)c3ccc4c5c(ccc(c35)C2=O)C(=O)N(CCNCc2ccc(OC)c(OC)c2OC)C4=O)c(OC)c1OC.Cc1ccc(S(=O)(=O)O)cc1.O. The average molecular weight is 903 g/mol. The minimum atomic E-state index is -4.02. The molecular formula is C45H50N4O14S. The first-order chi connectivity index (χ1) is 30.2. The van der Waals surface area contributed by atoms with Crippen LogP contribution in [0.25, 0.3) is 10.8 Å². The number of methoxy groups -OCH3 is 6. The summed E-state index contributed by atoms with van der Waals surface area (Å²) in [7, 11) is 5.20. The molecule has 0 saturated carbocycles. The summed E-state index contributed by atoms with van der Waals surface area (Å²) in [4.78, 5) is 57.2. The maximum Gasteiger partial charge on any atom is 0.294 e. The topological polar surface area (TPSA) is 240 Å². The molecule has 64 heavy (non-hydrogen) atoms. The van der Waals surface area contributed by atoms with Gasteiger partial charge in [-0.25, -0.2) is 0 Å². The van der Waals surface area contributed by atoms with E-state index in [4.69, 9.17) is 33.0 Å². The molecule has 2 heterocycles. The van der Waals surface area contributed by atoms with Crippen molar-refractivity contribution < 1.29 is 66.0 Å². The summed E-state index contributed by atoms with van der Waals surface area (Å²) >= 11 is 0. The third kappa shape index (κ3) is 9.43. The van der Waals surface area contributed by atoms with Crippen molar-refractivity contribution >= 4 is 44.5 Å². The van der Waals surface area contributed by atoms with E-state index < -0.39 is 33.7 Å². The largest absolute Gasteiger partial charge is 0.493 e. The summed E-state index contributed by atoms with van der Waals surface area (Å²) in [6.45, 7) is 3.36. The molecule has 19 heteroatoms. The summed E-state index contributed by atoms with van der Waals surface area (Å²) in [5, 5.41) is 7.17. The Morgan fingerprint density at radius 3 is 1.14 bits per heavy atom. The number of benzene rings is 5. The van der Waals surface area contributed by atoms with Crippen LogP contribution in [-0.4, -0.2) is 121 Å². The second-order valence-corrected chi connectivity index (χ2v) is 15.6. The van der Waals surface area contributed by atoms with Crippen LogP contribution < -0.4 is 39.1 Å². The molecule has 340 valence electrons. The number of imide groups is 2. The van der Waals surface area contributed by atoms with Gasteiger partial charge >= 0.3 is 0 Å². The molecule has 0 fully saturated rings. The Morgan fingerprint density at radius 2 is 0.844 bits per heavy atom. The van der Waals surface area contributed by atoms with E-state index in [0.717, 1.165) is 16.7 Å². The summed E-state index contributed by atoms with van der Waals surface area (Å²) in [6.07, 6.45) is 0. The molecule has 4 amide bonds. The number of carbonyl (C=O) groups excluding carboxylic acids is 4. The standard InChI is InChI=1S/C38H40N4O10.C7H8O3S.H2O/c1-47-27-13-7-21(31(49-3)33(27)51-5)19-39-15-17-41-35(43)23-9-11-25-30-26(12-10-24(29(23)30)36(41)44)38(46)42(37(25)45)18-16-40-20-22-8-14-28(48-2)34(52-6)32(22)50-4;1-6-2-4-7(5-3-6)11(8,9)10;/h7-14,39-40H,15-20H2,1-6H3;2-5H,1H3,(H,8,9,10);1H2. The fourth-order valence-corrected chi connectivity index (χ4v) is 8.00. The van der Waals surface area contributed by atoms with Gasteiger partial charge < -0.3 is 44.5 Å². The van der Waals surface area contributed by atoms with Gasteiger partial charge in [0.1, 0.15) is 0 Å². The first-order valence-corrected chi connectivity index (χ1v) is 21.0. The summed E-state index contributed by atoms with van der Waals surface area (Å²) in [5.41, 5.74) is 3.61.